The second kappa shape index (κ2) is 4.77. The first-order valence-corrected chi connectivity index (χ1v) is 6.19. The highest BCUT2D eigenvalue weighted by atomic mass is 15.2. The van der Waals surface area contributed by atoms with Crippen molar-refractivity contribution in [3.05, 3.63) is 6.07 Å². The van der Waals surface area contributed by atoms with Gasteiger partial charge in [-0.3, -0.25) is 0 Å². The van der Waals surface area contributed by atoms with Crippen LogP contribution >= 0.6 is 0 Å². The maximum Gasteiger partial charge on any atom is 0.223 e. The molecule has 1 aliphatic rings. The molecular weight excluding hydrogens is 214 g/mol. The van der Waals surface area contributed by atoms with Crippen LogP contribution in [-0.4, -0.2) is 23.1 Å². The largest absolute Gasteiger partial charge is 0.383 e. The highest BCUT2D eigenvalue weighted by molar-refractivity contribution is 5.50. The molecule has 1 aliphatic carbocycles. The molecule has 2 atom stereocenters. The van der Waals surface area contributed by atoms with E-state index < -0.39 is 0 Å². The molecule has 17 heavy (non-hydrogen) atoms. The van der Waals surface area contributed by atoms with Crippen LogP contribution in [0.25, 0.3) is 0 Å². The van der Waals surface area contributed by atoms with Crippen LogP contribution in [-0.2, 0) is 0 Å². The Balaban J connectivity index is 2.15. The molecule has 1 aromatic heterocycles. The number of aromatic nitrogens is 2. The van der Waals surface area contributed by atoms with Crippen LogP contribution in [0.2, 0.25) is 0 Å². The summed E-state index contributed by atoms with van der Waals surface area (Å²) in [5.41, 5.74) is 11.3. The van der Waals surface area contributed by atoms with Gasteiger partial charge in [0, 0.05) is 19.2 Å². The third-order valence-electron chi connectivity index (χ3n) is 3.57. The van der Waals surface area contributed by atoms with Crippen molar-refractivity contribution in [3.63, 3.8) is 0 Å². The van der Waals surface area contributed by atoms with Gasteiger partial charge in [-0.05, 0) is 18.8 Å². The van der Waals surface area contributed by atoms with E-state index in [1.54, 1.807) is 6.07 Å². The average Bonchev–Trinajstić information content (AvgIpc) is 2.26. The van der Waals surface area contributed by atoms with Crippen molar-refractivity contribution in [1.82, 2.24) is 9.97 Å². The predicted molar refractivity (Wildman–Crippen MR) is 70.7 cm³/mol. The van der Waals surface area contributed by atoms with Gasteiger partial charge in [0.05, 0.1) is 0 Å². The summed E-state index contributed by atoms with van der Waals surface area (Å²) in [6.45, 7) is 2.31. The third kappa shape index (κ3) is 2.78. The normalized spacial score (nSPS) is 24.6. The van der Waals surface area contributed by atoms with E-state index in [4.69, 9.17) is 11.5 Å². The Hall–Kier alpha value is -1.52. The minimum atomic E-state index is 0.246. The molecule has 5 heteroatoms. The molecule has 1 fully saturated rings. The topological polar surface area (TPSA) is 81.1 Å². The van der Waals surface area contributed by atoms with Gasteiger partial charge >= 0.3 is 0 Å². The molecule has 0 aromatic carbocycles. The first kappa shape index (κ1) is 12.0. The van der Waals surface area contributed by atoms with E-state index in [1.807, 2.05) is 0 Å². The average molecular weight is 235 g/mol. The Morgan fingerprint density at radius 3 is 2.71 bits per heavy atom. The molecule has 1 saturated carbocycles. The van der Waals surface area contributed by atoms with Crippen molar-refractivity contribution >= 4 is 17.6 Å². The Morgan fingerprint density at radius 1 is 1.29 bits per heavy atom. The van der Waals surface area contributed by atoms with Crippen molar-refractivity contribution < 1.29 is 0 Å². The Labute approximate surface area is 102 Å². The van der Waals surface area contributed by atoms with Crippen LogP contribution in [0.1, 0.15) is 32.6 Å². The van der Waals surface area contributed by atoms with Gasteiger partial charge in [-0.15, -0.1) is 0 Å². The lowest BCUT2D eigenvalue weighted by molar-refractivity contribution is 0.335. The first-order chi connectivity index (χ1) is 8.06. The monoisotopic (exact) mass is 235 g/mol. The molecule has 0 saturated heterocycles. The van der Waals surface area contributed by atoms with Gasteiger partial charge in [0.2, 0.25) is 5.95 Å². The van der Waals surface area contributed by atoms with E-state index in [0.29, 0.717) is 11.9 Å². The summed E-state index contributed by atoms with van der Waals surface area (Å²) >= 11 is 0. The van der Waals surface area contributed by atoms with E-state index in [2.05, 4.69) is 28.8 Å². The van der Waals surface area contributed by atoms with Gasteiger partial charge in [0.1, 0.15) is 11.6 Å². The Kier molecular flexibility index (Phi) is 3.36. The van der Waals surface area contributed by atoms with Crippen LogP contribution < -0.4 is 16.4 Å². The second-order valence-electron chi connectivity index (χ2n) is 5.05. The molecule has 2 unspecified atom stereocenters. The number of rotatable bonds is 2. The van der Waals surface area contributed by atoms with E-state index in [9.17, 15) is 0 Å². The highest BCUT2D eigenvalue weighted by Gasteiger charge is 2.23. The molecular formula is C12H21N5. The summed E-state index contributed by atoms with van der Waals surface area (Å²) in [7, 11) is 2.06. The van der Waals surface area contributed by atoms with Crippen LogP contribution in [0.4, 0.5) is 17.6 Å². The molecule has 4 N–H and O–H groups in total. The molecule has 1 heterocycles. The number of nitrogen functional groups attached to an aromatic ring is 2. The fourth-order valence-electron chi connectivity index (χ4n) is 2.59. The maximum atomic E-state index is 5.70. The molecule has 0 bridgehead atoms. The number of anilines is 3. The first-order valence-electron chi connectivity index (χ1n) is 6.19. The highest BCUT2D eigenvalue weighted by Crippen LogP contribution is 2.29. The number of hydrogen-bond acceptors (Lipinski definition) is 5. The molecule has 94 valence electrons. The van der Waals surface area contributed by atoms with E-state index >= 15 is 0 Å². The maximum absolute atomic E-state index is 5.70. The zero-order valence-corrected chi connectivity index (χ0v) is 10.6. The molecule has 2 rings (SSSR count). The number of nitrogens with two attached hydrogens (primary N) is 2. The molecule has 5 nitrogen and oxygen atoms in total. The van der Waals surface area contributed by atoms with E-state index in [1.165, 1.54) is 25.7 Å². The molecule has 0 aliphatic heterocycles. The molecule has 0 amide bonds. The van der Waals surface area contributed by atoms with Gasteiger partial charge < -0.3 is 16.4 Å². The summed E-state index contributed by atoms with van der Waals surface area (Å²) < 4.78 is 0. The molecule has 1 aromatic rings. The molecule has 0 spiro atoms. The SMILES string of the molecule is CC1CCCC(N(C)c2cc(N)nc(N)n2)C1. The van der Waals surface area contributed by atoms with Crippen molar-refractivity contribution in [3.8, 4) is 0 Å². The Bertz CT molecular complexity index is 372. The van der Waals surface area contributed by atoms with Crippen LogP contribution in [0.15, 0.2) is 6.07 Å². The minimum absolute atomic E-state index is 0.246. The summed E-state index contributed by atoms with van der Waals surface area (Å²) in [5, 5.41) is 0. The summed E-state index contributed by atoms with van der Waals surface area (Å²) in [6, 6.07) is 2.32. The third-order valence-corrected chi connectivity index (χ3v) is 3.57. The van der Waals surface area contributed by atoms with Crippen molar-refractivity contribution in [1.29, 1.82) is 0 Å². The van der Waals surface area contributed by atoms with Gasteiger partial charge in [0.15, 0.2) is 0 Å². The summed E-state index contributed by atoms with van der Waals surface area (Å²) in [5.74, 6) is 2.29. The summed E-state index contributed by atoms with van der Waals surface area (Å²) in [6.07, 6.45) is 5.04. The van der Waals surface area contributed by atoms with Gasteiger partial charge in [-0.1, -0.05) is 19.8 Å². The predicted octanol–water partition coefficient (Wildman–Crippen LogP) is 1.66. The quantitative estimate of drug-likeness (QED) is 0.814. The number of hydrogen-bond donors (Lipinski definition) is 2. The van der Waals surface area contributed by atoms with Gasteiger partial charge in [0.25, 0.3) is 0 Å². The second-order valence-corrected chi connectivity index (χ2v) is 5.05. The molecule has 0 radical (unpaired) electrons. The zero-order valence-electron chi connectivity index (χ0n) is 10.6. The lowest BCUT2D eigenvalue weighted by Gasteiger charge is -2.34. The summed E-state index contributed by atoms with van der Waals surface area (Å²) in [4.78, 5) is 10.3. The van der Waals surface area contributed by atoms with Crippen molar-refractivity contribution in [2.75, 3.05) is 23.4 Å². The van der Waals surface area contributed by atoms with E-state index in [0.717, 1.165) is 11.7 Å². The van der Waals surface area contributed by atoms with Crippen LogP contribution in [0, 0.1) is 5.92 Å². The van der Waals surface area contributed by atoms with Gasteiger partial charge in [-0.2, -0.15) is 9.97 Å². The fraction of sp³-hybridized carbons (Fsp3) is 0.667. The van der Waals surface area contributed by atoms with E-state index in [-0.39, 0.29) is 5.95 Å². The minimum Gasteiger partial charge on any atom is -0.383 e. The lowest BCUT2D eigenvalue weighted by atomic mass is 9.86. The van der Waals surface area contributed by atoms with Gasteiger partial charge in [-0.25, -0.2) is 0 Å². The van der Waals surface area contributed by atoms with Crippen molar-refractivity contribution in [2.45, 2.75) is 38.6 Å². The zero-order chi connectivity index (χ0) is 12.4. The standard InChI is InChI=1S/C12H21N5/c1-8-4-3-5-9(6-8)17(2)11-7-10(13)15-12(14)16-11/h7-9H,3-6H2,1-2H3,(H4,13,14,15,16). The fourth-order valence-corrected chi connectivity index (χ4v) is 2.59. The van der Waals surface area contributed by atoms with Crippen molar-refractivity contribution in [2.24, 2.45) is 5.92 Å². The number of nitrogens with zero attached hydrogens (tertiary/aromatic N) is 3. The van der Waals surface area contributed by atoms with Crippen LogP contribution in [0.3, 0.4) is 0 Å². The Morgan fingerprint density at radius 2 is 2.06 bits per heavy atom. The van der Waals surface area contributed by atoms with Crippen LogP contribution in [0.5, 0.6) is 0 Å². The lowest BCUT2D eigenvalue weighted by Crippen LogP contribution is -2.36. The smallest absolute Gasteiger partial charge is 0.223 e.